The van der Waals surface area contributed by atoms with E-state index in [4.69, 9.17) is 11.8 Å². The van der Waals surface area contributed by atoms with E-state index < -0.39 is 17.7 Å². The van der Waals surface area contributed by atoms with Gasteiger partial charge in [0, 0.05) is 25.1 Å². The lowest BCUT2D eigenvalue weighted by atomic mass is 10.1. The van der Waals surface area contributed by atoms with Gasteiger partial charge < -0.3 is 5.32 Å². The van der Waals surface area contributed by atoms with Crippen molar-refractivity contribution in [3.05, 3.63) is 58.8 Å². The predicted molar refractivity (Wildman–Crippen MR) is 105 cm³/mol. The maximum absolute atomic E-state index is 12.5. The lowest BCUT2D eigenvalue weighted by Crippen LogP contribution is -2.51. The molecular weight excluding hydrogens is 380 g/mol. The fraction of sp³-hybridized carbons (Fsp3) is 0.300. The molecule has 2 heterocycles. The number of imidazole rings is 1. The molecule has 28 heavy (non-hydrogen) atoms. The van der Waals surface area contributed by atoms with Gasteiger partial charge in [0.15, 0.2) is 0 Å². The van der Waals surface area contributed by atoms with Gasteiger partial charge in [-0.15, -0.1) is 0 Å². The second-order valence-corrected chi connectivity index (χ2v) is 7.25. The molecule has 146 valence electrons. The van der Waals surface area contributed by atoms with Gasteiger partial charge in [-0.2, -0.15) is 0 Å². The minimum atomic E-state index is -0.560. The van der Waals surface area contributed by atoms with Crippen LogP contribution >= 0.6 is 11.8 Å². The molecule has 0 radical (unpaired) electrons. The summed E-state index contributed by atoms with van der Waals surface area (Å²) in [5.41, 5.74) is 2.27. The number of piperazine rings is 1. The molecule has 1 aromatic carbocycles. The Bertz CT molecular complexity index is 963. The van der Waals surface area contributed by atoms with Crippen LogP contribution in [0.25, 0.3) is 6.08 Å². The van der Waals surface area contributed by atoms with Gasteiger partial charge in [-0.3, -0.25) is 19.3 Å². The van der Waals surface area contributed by atoms with Crippen molar-refractivity contribution in [1.82, 2.24) is 19.3 Å². The third-order valence-corrected chi connectivity index (χ3v) is 4.79. The Balaban J connectivity index is 2.02. The van der Waals surface area contributed by atoms with Crippen molar-refractivity contribution in [3.63, 3.8) is 0 Å². The Labute approximate surface area is 168 Å². The number of carbonyl (C=O) groups excluding carboxylic acids is 3. The van der Waals surface area contributed by atoms with E-state index in [2.05, 4.69) is 10.3 Å². The molecule has 0 aliphatic carbocycles. The molecule has 0 spiro atoms. The van der Waals surface area contributed by atoms with Crippen LogP contribution in [-0.4, -0.2) is 38.2 Å². The Morgan fingerprint density at radius 1 is 1.29 bits per heavy atom. The number of nitrogens with one attached hydrogen (secondary N) is 1. The van der Waals surface area contributed by atoms with Gasteiger partial charge in [0.25, 0.3) is 5.91 Å². The number of halogens is 1. The van der Waals surface area contributed by atoms with E-state index >= 15 is 0 Å². The highest BCUT2D eigenvalue weighted by molar-refractivity contribution is 6.16. The Hall–Kier alpha value is -2.93. The molecule has 3 rings (SSSR count). The molecule has 1 aliphatic heterocycles. The third kappa shape index (κ3) is 3.99. The predicted octanol–water partition coefficient (Wildman–Crippen LogP) is 2.45. The molecule has 1 N–H and O–H groups in total. The molecule has 0 unspecified atom stereocenters. The first kappa shape index (κ1) is 19.8. The number of benzene rings is 1. The molecular formula is C20H21ClN4O3. The summed E-state index contributed by atoms with van der Waals surface area (Å²) in [6.07, 6.45) is 2.01. The summed E-state index contributed by atoms with van der Waals surface area (Å²) < 4.78 is 1.50. The van der Waals surface area contributed by atoms with Gasteiger partial charge in [-0.05, 0) is 17.6 Å². The molecule has 1 aliphatic rings. The van der Waals surface area contributed by atoms with E-state index in [0.717, 1.165) is 16.2 Å². The first-order valence-corrected chi connectivity index (χ1v) is 9.27. The molecule has 7 nitrogen and oxygen atoms in total. The molecule has 0 atom stereocenters. The number of rotatable bonds is 4. The number of amides is 3. The zero-order chi connectivity index (χ0) is 20.4. The van der Waals surface area contributed by atoms with Crippen LogP contribution in [0.2, 0.25) is 0 Å². The van der Waals surface area contributed by atoms with Crippen molar-refractivity contribution in [2.24, 2.45) is 0 Å². The zero-order valence-electron chi connectivity index (χ0n) is 15.9. The van der Waals surface area contributed by atoms with Crippen molar-refractivity contribution in [2.75, 3.05) is 6.54 Å². The Kier molecular flexibility index (Phi) is 5.65. The van der Waals surface area contributed by atoms with Crippen molar-refractivity contribution in [3.8, 4) is 0 Å². The molecule has 1 fully saturated rings. The normalized spacial score (nSPS) is 16.0. The summed E-state index contributed by atoms with van der Waals surface area (Å²) in [4.78, 5) is 41.6. The quantitative estimate of drug-likeness (QED) is 0.799. The van der Waals surface area contributed by atoms with Crippen LogP contribution in [0.1, 0.15) is 49.5 Å². The number of hydrogen-bond donors (Lipinski definition) is 1. The van der Waals surface area contributed by atoms with Gasteiger partial charge in [0.05, 0.1) is 11.4 Å². The average molecular weight is 401 g/mol. The van der Waals surface area contributed by atoms with Crippen LogP contribution in [0.5, 0.6) is 0 Å². The summed E-state index contributed by atoms with van der Waals surface area (Å²) in [7, 11) is 0. The van der Waals surface area contributed by atoms with Gasteiger partial charge in [-0.1, -0.05) is 44.2 Å². The van der Waals surface area contributed by atoms with Crippen molar-refractivity contribution < 1.29 is 14.4 Å². The molecule has 0 bridgehead atoms. The van der Waals surface area contributed by atoms with E-state index in [1.54, 1.807) is 0 Å². The molecule has 3 amide bonds. The van der Waals surface area contributed by atoms with Crippen LogP contribution in [-0.2, 0) is 20.8 Å². The lowest BCUT2D eigenvalue weighted by Gasteiger charge is -2.25. The fourth-order valence-electron chi connectivity index (χ4n) is 3.09. The molecule has 1 aromatic heterocycles. The summed E-state index contributed by atoms with van der Waals surface area (Å²) in [5.74, 6) is -0.818. The second kappa shape index (κ2) is 7.98. The first-order chi connectivity index (χ1) is 13.3. The summed E-state index contributed by atoms with van der Waals surface area (Å²) in [6, 6.07) is 9.78. The Morgan fingerprint density at radius 3 is 2.57 bits per heavy atom. The summed E-state index contributed by atoms with van der Waals surface area (Å²) in [5, 5.41) is 2.53. The summed E-state index contributed by atoms with van der Waals surface area (Å²) >= 11 is 6.52. The van der Waals surface area contributed by atoms with Gasteiger partial charge >= 0.3 is 0 Å². The molecule has 2 aromatic rings. The van der Waals surface area contributed by atoms with Gasteiger partial charge in [0.1, 0.15) is 18.1 Å². The van der Waals surface area contributed by atoms with E-state index in [9.17, 15) is 14.4 Å². The maximum Gasteiger partial charge on any atom is 0.277 e. The van der Waals surface area contributed by atoms with Gasteiger partial charge in [0.2, 0.25) is 11.8 Å². The second-order valence-electron chi connectivity index (χ2n) is 6.91. The third-order valence-electron chi connectivity index (χ3n) is 4.41. The van der Waals surface area contributed by atoms with E-state index in [1.807, 2.05) is 44.2 Å². The first-order valence-electron chi connectivity index (χ1n) is 8.93. The van der Waals surface area contributed by atoms with Crippen molar-refractivity contribution in [1.29, 1.82) is 0 Å². The van der Waals surface area contributed by atoms with E-state index in [-0.39, 0.29) is 18.2 Å². The number of imide groups is 1. The topological polar surface area (TPSA) is 84.3 Å². The minimum absolute atomic E-state index is 0.00868. The van der Waals surface area contributed by atoms with Crippen LogP contribution in [0.15, 0.2) is 36.0 Å². The summed E-state index contributed by atoms with van der Waals surface area (Å²) in [6.45, 7) is 4.89. The molecule has 0 saturated carbocycles. The minimum Gasteiger partial charge on any atom is -0.320 e. The maximum atomic E-state index is 12.5. The van der Waals surface area contributed by atoms with Crippen LogP contribution in [0.4, 0.5) is 0 Å². The number of hydrogen-bond acceptors (Lipinski definition) is 4. The SMILES string of the molecule is CC(=O)N1CC(=O)NC(=Cc2nc(Cc3ccccc3)n(Cl)c2C(C)C)C1=O. The fourth-order valence-corrected chi connectivity index (χ4v) is 3.47. The molecule has 1 saturated heterocycles. The zero-order valence-corrected chi connectivity index (χ0v) is 16.7. The van der Waals surface area contributed by atoms with Crippen LogP contribution < -0.4 is 5.32 Å². The smallest absolute Gasteiger partial charge is 0.277 e. The van der Waals surface area contributed by atoms with Crippen molar-refractivity contribution >= 4 is 35.6 Å². The number of aromatic nitrogens is 2. The molecule has 8 heteroatoms. The monoisotopic (exact) mass is 400 g/mol. The Morgan fingerprint density at radius 2 is 1.96 bits per heavy atom. The lowest BCUT2D eigenvalue weighted by molar-refractivity contribution is -0.147. The average Bonchev–Trinajstić information content (AvgIpc) is 2.93. The van der Waals surface area contributed by atoms with Crippen LogP contribution in [0, 0.1) is 0 Å². The number of nitrogens with zero attached hydrogens (tertiary/aromatic N) is 3. The van der Waals surface area contributed by atoms with E-state index in [0.29, 0.717) is 17.9 Å². The largest absolute Gasteiger partial charge is 0.320 e. The standard InChI is InChI=1S/C20H21ClN4O3/c1-12(2)19-15(10-16-20(28)24(13(3)26)11-18(27)23-16)22-17(25(19)21)9-14-7-5-4-6-8-14/h4-8,10,12H,9,11H2,1-3H3,(H,23,27). The van der Waals surface area contributed by atoms with Crippen molar-refractivity contribution in [2.45, 2.75) is 33.1 Å². The highest BCUT2D eigenvalue weighted by atomic mass is 35.5. The van der Waals surface area contributed by atoms with Crippen LogP contribution in [0.3, 0.4) is 0 Å². The number of carbonyl (C=O) groups is 3. The highest BCUT2D eigenvalue weighted by Crippen LogP contribution is 2.26. The highest BCUT2D eigenvalue weighted by Gasteiger charge is 2.31. The van der Waals surface area contributed by atoms with Gasteiger partial charge in [-0.25, -0.2) is 9.07 Å². The van der Waals surface area contributed by atoms with E-state index in [1.165, 1.54) is 17.1 Å².